The minimum Gasteiger partial charge on any atom is -0.494 e. The number of fused-ring (bicyclic) bond motifs is 1. The van der Waals surface area contributed by atoms with Crippen molar-refractivity contribution in [2.45, 2.75) is 18.9 Å². The average molecular weight is 396 g/mol. The zero-order chi connectivity index (χ0) is 20.5. The standard InChI is InChI=1S/C20H21FN6O2/c1-3-16(28)26-8-4-5-13(10-26)27-20-17(19(22)23-11-24-20)18(25-27)12-6-7-15(29-2)14(21)9-12/h3,6-7,9,11,13H,1,4-5,8,10H2,2H3,(H2,22,23,24). The highest BCUT2D eigenvalue weighted by Crippen LogP contribution is 2.35. The number of amides is 1. The monoisotopic (exact) mass is 396 g/mol. The van der Waals surface area contributed by atoms with Gasteiger partial charge in [-0.15, -0.1) is 0 Å². The summed E-state index contributed by atoms with van der Waals surface area (Å²) in [5.41, 5.74) is 7.72. The predicted molar refractivity (Wildman–Crippen MR) is 107 cm³/mol. The summed E-state index contributed by atoms with van der Waals surface area (Å²) in [7, 11) is 1.41. The molecule has 3 aromatic rings. The highest BCUT2D eigenvalue weighted by atomic mass is 19.1. The number of anilines is 1. The fourth-order valence-electron chi connectivity index (χ4n) is 3.75. The van der Waals surface area contributed by atoms with Gasteiger partial charge in [-0.05, 0) is 37.1 Å². The third-order valence-corrected chi connectivity index (χ3v) is 5.17. The second-order valence-corrected chi connectivity index (χ2v) is 6.88. The Labute approximate surface area is 166 Å². The largest absolute Gasteiger partial charge is 0.494 e. The highest BCUT2D eigenvalue weighted by Gasteiger charge is 2.28. The third kappa shape index (κ3) is 3.28. The van der Waals surface area contributed by atoms with Crippen molar-refractivity contribution in [3.8, 4) is 17.0 Å². The number of ether oxygens (including phenoxy) is 1. The maximum Gasteiger partial charge on any atom is 0.246 e. The zero-order valence-corrected chi connectivity index (χ0v) is 16.0. The van der Waals surface area contributed by atoms with Gasteiger partial charge in [0.1, 0.15) is 17.8 Å². The maximum absolute atomic E-state index is 14.3. The predicted octanol–water partition coefficient (Wildman–Crippen LogP) is 2.57. The number of methoxy groups -OCH3 is 1. The Kier molecular flexibility index (Phi) is 4.87. The number of aromatic nitrogens is 4. The lowest BCUT2D eigenvalue weighted by molar-refractivity contribution is -0.127. The van der Waals surface area contributed by atoms with Gasteiger partial charge >= 0.3 is 0 Å². The first-order chi connectivity index (χ1) is 14.0. The SMILES string of the molecule is C=CC(=O)N1CCCC(n2nc(-c3ccc(OC)c(F)c3)c3c(N)ncnc32)C1. The Morgan fingerprint density at radius 1 is 1.41 bits per heavy atom. The molecule has 8 nitrogen and oxygen atoms in total. The number of halogens is 1. The first-order valence-corrected chi connectivity index (χ1v) is 9.27. The van der Waals surface area contributed by atoms with Gasteiger partial charge in [0, 0.05) is 18.7 Å². The molecule has 3 heterocycles. The van der Waals surface area contributed by atoms with Crippen LogP contribution in [0.1, 0.15) is 18.9 Å². The van der Waals surface area contributed by atoms with Gasteiger partial charge in [0.25, 0.3) is 0 Å². The molecule has 2 aromatic heterocycles. The second kappa shape index (κ2) is 7.50. The summed E-state index contributed by atoms with van der Waals surface area (Å²) in [6.45, 7) is 4.73. The number of hydrogen-bond donors (Lipinski definition) is 1. The minimum absolute atomic E-state index is 0.0821. The van der Waals surface area contributed by atoms with Crippen molar-refractivity contribution in [1.29, 1.82) is 0 Å². The molecule has 1 aromatic carbocycles. The molecular formula is C20H21FN6O2. The highest BCUT2D eigenvalue weighted by molar-refractivity contribution is 5.98. The molecule has 9 heteroatoms. The number of nitrogens with two attached hydrogens (primary N) is 1. The number of nitrogens with zero attached hydrogens (tertiary/aromatic N) is 5. The van der Waals surface area contributed by atoms with Crippen molar-refractivity contribution < 1.29 is 13.9 Å². The third-order valence-electron chi connectivity index (χ3n) is 5.17. The number of carbonyl (C=O) groups excluding carboxylic acids is 1. The van der Waals surface area contributed by atoms with E-state index in [1.54, 1.807) is 21.7 Å². The van der Waals surface area contributed by atoms with E-state index in [-0.39, 0.29) is 23.5 Å². The molecule has 0 bridgehead atoms. The number of benzene rings is 1. The quantitative estimate of drug-likeness (QED) is 0.681. The van der Waals surface area contributed by atoms with Crippen molar-refractivity contribution in [2.75, 3.05) is 25.9 Å². The van der Waals surface area contributed by atoms with E-state index in [0.29, 0.717) is 35.4 Å². The van der Waals surface area contributed by atoms with Crippen LogP contribution in [0.5, 0.6) is 5.75 Å². The first kappa shape index (κ1) is 18.9. The lowest BCUT2D eigenvalue weighted by Crippen LogP contribution is -2.40. The van der Waals surface area contributed by atoms with Crippen molar-refractivity contribution in [2.24, 2.45) is 0 Å². The summed E-state index contributed by atoms with van der Waals surface area (Å²) in [6, 6.07) is 4.53. The number of piperidine rings is 1. The summed E-state index contributed by atoms with van der Waals surface area (Å²) in [5.74, 6) is -0.198. The Morgan fingerprint density at radius 2 is 2.24 bits per heavy atom. The molecule has 0 aliphatic carbocycles. The van der Waals surface area contributed by atoms with E-state index < -0.39 is 5.82 Å². The van der Waals surface area contributed by atoms with Crippen LogP contribution in [0.2, 0.25) is 0 Å². The molecule has 4 rings (SSSR count). The summed E-state index contributed by atoms with van der Waals surface area (Å²) in [4.78, 5) is 22.3. The van der Waals surface area contributed by atoms with Crippen LogP contribution >= 0.6 is 0 Å². The molecule has 1 fully saturated rings. The van der Waals surface area contributed by atoms with Gasteiger partial charge in [0.15, 0.2) is 17.2 Å². The molecule has 1 amide bonds. The molecule has 0 saturated carbocycles. The van der Waals surface area contributed by atoms with Crippen LogP contribution in [0.3, 0.4) is 0 Å². The van der Waals surface area contributed by atoms with Crippen LogP contribution < -0.4 is 10.5 Å². The van der Waals surface area contributed by atoms with Crippen LogP contribution in [0.4, 0.5) is 10.2 Å². The van der Waals surface area contributed by atoms with Crippen LogP contribution in [0.15, 0.2) is 37.2 Å². The molecular weight excluding hydrogens is 375 g/mol. The van der Waals surface area contributed by atoms with Crippen molar-refractivity contribution >= 4 is 22.8 Å². The number of nitrogen functional groups attached to an aromatic ring is 1. The van der Waals surface area contributed by atoms with Crippen LogP contribution in [0, 0.1) is 5.82 Å². The lowest BCUT2D eigenvalue weighted by Gasteiger charge is -2.32. The number of hydrogen-bond acceptors (Lipinski definition) is 6. The van der Waals surface area contributed by atoms with Gasteiger partial charge < -0.3 is 15.4 Å². The van der Waals surface area contributed by atoms with Gasteiger partial charge in [0.05, 0.1) is 18.5 Å². The molecule has 1 aliphatic rings. The minimum atomic E-state index is -0.497. The topological polar surface area (TPSA) is 99.2 Å². The second-order valence-electron chi connectivity index (χ2n) is 6.88. The van der Waals surface area contributed by atoms with Gasteiger partial charge in [-0.25, -0.2) is 19.0 Å². The molecule has 2 N–H and O–H groups in total. The molecule has 0 spiro atoms. The van der Waals surface area contributed by atoms with Crippen molar-refractivity contribution in [3.05, 3.63) is 43.0 Å². The maximum atomic E-state index is 14.3. The normalized spacial score (nSPS) is 16.8. The fraction of sp³-hybridized carbons (Fsp3) is 0.300. The molecule has 1 unspecified atom stereocenters. The average Bonchev–Trinajstić information content (AvgIpc) is 3.14. The fourth-order valence-corrected chi connectivity index (χ4v) is 3.75. The molecule has 150 valence electrons. The van der Waals surface area contributed by atoms with E-state index in [0.717, 1.165) is 12.8 Å². The number of rotatable bonds is 4. The molecule has 0 radical (unpaired) electrons. The summed E-state index contributed by atoms with van der Waals surface area (Å²) in [6.07, 6.45) is 4.36. The van der Waals surface area contributed by atoms with Gasteiger partial charge in [-0.2, -0.15) is 5.10 Å². The summed E-state index contributed by atoms with van der Waals surface area (Å²) in [5, 5.41) is 5.28. The van der Waals surface area contributed by atoms with Gasteiger partial charge in [-0.3, -0.25) is 4.79 Å². The van der Waals surface area contributed by atoms with Gasteiger partial charge in [0.2, 0.25) is 5.91 Å². The van der Waals surface area contributed by atoms with E-state index in [1.807, 2.05) is 0 Å². The Balaban J connectivity index is 1.83. The van der Waals surface area contributed by atoms with Crippen LogP contribution in [-0.2, 0) is 4.79 Å². The van der Waals surface area contributed by atoms with E-state index in [1.165, 1.54) is 25.6 Å². The van der Waals surface area contributed by atoms with Gasteiger partial charge in [-0.1, -0.05) is 6.58 Å². The first-order valence-electron chi connectivity index (χ1n) is 9.27. The Hall–Kier alpha value is -3.49. The molecule has 1 atom stereocenters. The smallest absolute Gasteiger partial charge is 0.246 e. The molecule has 1 aliphatic heterocycles. The summed E-state index contributed by atoms with van der Waals surface area (Å²) >= 11 is 0. The number of carbonyl (C=O) groups is 1. The molecule has 29 heavy (non-hydrogen) atoms. The van der Waals surface area contributed by atoms with E-state index in [4.69, 9.17) is 15.6 Å². The van der Waals surface area contributed by atoms with Crippen LogP contribution in [0.25, 0.3) is 22.3 Å². The van der Waals surface area contributed by atoms with Crippen LogP contribution in [-0.4, -0.2) is 50.8 Å². The lowest BCUT2D eigenvalue weighted by atomic mass is 10.1. The number of likely N-dealkylation sites (tertiary alicyclic amines) is 1. The van der Waals surface area contributed by atoms with Crippen molar-refractivity contribution in [1.82, 2.24) is 24.6 Å². The molecule has 1 saturated heterocycles. The van der Waals surface area contributed by atoms with E-state index in [9.17, 15) is 9.18 Å². The Morgan fingerprint density at radius 3 is 2.97 bits per heavy atom. The zero-order valence-electron chi connectivity index (χ0n) is 16.0. The van der Waals surface area contributed by atoms with E-state index in [2.05, 4.69) is 16.5 Å². The summed E-state index contributed by atoms with van der Waals surface area (Å²) < 4.78 is 21.1. The Bertz CT molecular complexity index is 1100. The van der Waals surface area contributed by atoms with Crippen molar-refractivity contribution in [3.63, 3.8) is 0 Å². The van der Waals surface area contributed by atoms with E-state index >= 15 is 0 Å².